The molecule has 0 amide bonds. The first-order valence-electron chi connectivity index (χ1n) is 8.27. The van der Waals surface area contributed by atoms with Crippen molar-refractivity contribution in [1.29, 1.82) is 0 Å². The van der Waals surface area contributed by atoms with Crippen LogP contribution in [0.25, 0.3) is 11.3 Å². The predicted octanol–water partition coefficient (Wildman–Crippen LogP) is 1.97. The summed E-state index contributed by atoms with van der Waals surface area (Å²) in [5.41, 5.74) is 2.00. The van der Waals surface area contributed by atoms with Gasteiger partial charge in [0.1, 0.15) is 5.82 Å². The minimum Gasteiger partial charge on any atom is -0.381 e. The Morgan fingerprint density at radius 3 is 2.88 bits per heavy atom. The average molecular weight is 349 g/mol. The number of hydrogen-bond acceptors (Lipinski definition) is 4. The summed E-state index contributed by atoms with van der Waals surface area (Å²) in [5.74, 6) is 1.31. The molecule has 2 aromatic rings. The van der Waals surface area contributed by atoms with Gasteiger partial charge in [-0.25, -0.2) is 18.1 Å². The van der Waals surface area contributed by atoms with E-state index in [1.165, 1.54) is 0 Å². The number of rotatable bonds is 8. The molecule has 0 radical (unpaired) electrons. The number of aromatic nitrogens is 2. The van der Waals surface area contributed by atoms with Gasteiger partial charge in [0.25, 0.3) is 0 Å². The third kappa shape index (κ3) is 4.90. The van der Waals surface area contributed by atoms with Gasteiger partial charge in [0.2, 0.25) is 10.0 Å². The number of benzene rings is 1. The summed E-state index contributed by atoms with van der Waals surface area (Å²) in [5, 5.41) is 0. The molecule has 24 heavy (non-hydrogen) atoms. The number of sulfonamides is 1. The van der Waals surface area contributed by atoms with Crippen LogP contribution in [0.15, 0.2) is 36.5 Å². The molecule has 0 bridgehead atoms. The molecule has 1 atom stereocenters. The van der Waals surface area contributed by atoms with Gasteiger partial charge in [0, 0.05) is 26.2 Å². The summed E-state index contributed by atoms with van der Waals surface area (Å²) < 4.78 is 32.0. The largest absolute Gasteiger partial charge is 0.381 e. The summed E-state index contributed by atoms with van der Waals surface area (Å²) in [6.07, 6.45) is 3.94. The Bertz CT molecular complexity index is 737. The number of nitrogens with zero attached hydrogens (tertiary/aromatic N) is 1. The van der Waals surface area contributed by atoms with E-state index in [2.05, 4.69) is 14.7 Å². The van der Waals surface area contributed by atoms with Gasteiger partial charge in [-0.3, -0.25) is 0 Å². The van der Waals surface area contributed by atoms with E-state index in [1.54, 1.807) is 6.20 Å². The summed E-state index contributed by atoms with van der Waals surface area (Å²) >= 11 is 0. The molecule has 0 spiro atoms. The fraction of sp³-hybridized carbons (Fsp3) is 0.471. The second kappa shape index (κ2) is 7.92. The Morgan fingerprint density at radius 1 is 1.29 bits per heavy atom. The second-order valence-corrected chi connectivity index (χ2v) is 8.02. The number of imidazole rings is 1. The monoisotopic (exact) mass is 349 g/mol. The van der Waals surface area contributed by atoms with Gasteiger partial charge in [-0.15, -0.1) is 0 Å². The first kappa shape index (κ1) is 17.1. The fourth-order valence-corrected chi connectivity index (χ4v) is 3.98. The molecular weight excluding hydrogens is 326 g/mol. The molecule has 1 aliphatic heterocycles. The first-order valence-corrected chi connectivity index (χ1v) is 9.92. The van der Waals surface area contributed by atoms with Gasteiger partial charge in [0.05, 0.1) is 17.6 Å². The zero-order valence-electron chi connectivity index (χ0n) is 13.6. The number of aromatic amines is 1. The molecule has 0 aliphatic carbocycles. The lowest BCUT2D eigenvalue weighted by molar-refractivity contribution is 0.185. The SMILES string of the molecule is O=S(=O)(CCC1CCOC1)NCCc1ncc(-c2ccccc2)[nH]1. The van der Waals surface area contributed by atoms with E-state index < -0.39 is 10.0 Å². The third-order valence-corrected chi connectivity index (χ3v) is 5.63. The minimum absolute atomic E-state index is 0.161. The van der Waals surface area contributed by atoms with Crippen LogP contribution < -0.4 is 4.72 Å². The van der Waals surface area contributed by atoms with Crippen LogP contribution in [0.3, 0.4) is 0 Å². The zero-order chi connectivity index (χ0) is 16.8. The van der Waals surface area contributed by atoms with Crippen molar-refractivity contribution in [2.24, 2.45) is 5.92 Å². The molecule has 2 N–H and O–H groups in total. The Labute approximate surface area is 142 Å². The van der Waals surface area contributed by atoms with Crippen molar-refractivity contribution < 1.29 is 13.2 Å². The van der Waals surface area contributed by atoms with E-state index in [9.17, 15) is 8.42 Å². The maximum absolute atomic E-state index is 12.0. The van der Waals surface area contributed by atoms with Crippen molar-refractivity contribution in [3.63, 3.8) is 0 Å². The molecule has 1 aliphatic rings. The van der Waals surface area contributed by atoms with Crippen LogP contribution in [-0.2, 0) is 21.2 Å². The van der Waals surface area contributed by atoms with E-state index in [-0.39, 0.29) is 5.75 Å². The van der Waals surface area contributed by atoms with Gasteiger partial charge in [-0.1, -0.05) is 30.3 Å². The number of hydrogen-bond donors (Lipinski definition) is 2. The first-order chi connectivity index (χ1) is 11.6. The molecule has 3 rings (SSSR count). The van der Waals surface area contributed by atoms with Crippen LogP contribution in [0.4, 0.5) is 0 Å². The van der Waals surface area contributed by atoms with Gasteiger partial charge >= 0.3 is 0 Å². The molecule has 1 unspecified atom stereocenters. The lowest BCUT2D eigenvalue weighted by Crippen LogP contribution is -2.29. The van der Waals surface area contributed by atoms with Crippen LogP contribution >= 0.6 is 0 Å². The number of ether oxygens (including phenoxy) is 1. The lowest BCUT2D eigenvalue weighted by Gasteiger charge is -2.09. The molecule has 1 aromatic heterocycles. The van der Waals surface area contributed by atoms with Crippen LogP contribution in [0, 0.1) is 5.92 Å². The van der Waals surface area contributed by atoms with Crippen molar-refractivity contribution in [1.82, 2.24) is 14.7 Å². The molecule has 130 valence electrons. The molecule has 7 heteroatoms. The molecular formula is C17H23N3O3S. The van der Waals surface area contributed by atoms with Crippen molar-refractivity contribution in [3.05, 3.63) is 42.4 Å². The zero-order valence-corrected chi connectivity index (χ0v) is 14.4. The summed E-state index contributed by atoms with van der Waals surface area (Å²) in [4.78, 5) is 7.54. The quantitative estimate of drug-likeness (QED) is 0.763. The highest BCUT2D eigenvalue weighted by molar-refractivity contribution is 7.89. The van der Waals surface area contributed by atoms with Crippen LogP contribution in [-0.4, -0.2) is 43.9 Å². The highest BCUT2D eigenvalue weighted by atomic mass is 32.2. The van der Waals surface area contributed by atoms with E-state index >= 15 is 0 Å². The summed E-state index contributed by atoms with van der Waals surface area (Å²) in [6, 6.07) is 9.92. The van der Waals surface area contributed by atoms with E-state index in [0.29, 0.717) is 31.9 Å². The molecule has 1 aromatic carbocycles. The van der Waals surface area contributed by atoms with Gasteiger partial charge in [-0.2, -0.15) is 0 Å². The third-order valence-electron chi connectivity index (χ3n) is 4.22. The van der Waals surface area contributed by atoms with Gasteiger partial charge in [0.15, 0.2) is 0 Å². The number of nitrogens with one attached hydrogen (secondary N) is 2. The standard InChI is InChI=1S/C17H23N3O3S/c21-24(22,11-8-14-7-10-23-13-14)19-9-6-17-18-12-16(20-17)15-4-2-1-3-5-15/h1-5,12,14,19H,6-11,13H2,(H,18,20). The van der Waals surface area contributed by atoms with Crippen LogP contribution in [0.1, 0.15) is 18.7 Å². The van der Waals surface area contributed by atoms with E-state index in [0.717, 1.165) is 30.1 Å². The number of H-pyrrole nitrogens is 1. The smallest absolute Gasteiger partial charge is 0.211 e. The van der Waals surface area contributed by atoms with Crippen molar-refractivity contribution in [2.75, 3.05) is 25.5 Å². The Hall–Kier alpha value is -1.70. The summed E-state index contributed by atoms with van der Waals surface area (Å²) in [6.45, 7) is 1.79. The normalized spacial score (nSPS) is 18.1. The van der Waals surface area contributed by atoms with Crippen molar-refractivity contribution >= 4 is 10.0 Å². The topological polar surface area (TPSA) is 84.1 Å². The van der Waals surface area contributed by atoms with E-state index in [4.69, 9.17) is 4.74 Å². The fourth-order valence-electron chi connectivity index (χ4n) is 2.78. The molecule has 1 fully saturated rings. The lowest BCUT2D eigenvalue weighted by atomic mass is 10.1. The van der Waals surface area contributed by atoms with Crippen LogP contribution in [0.2, 0.25) is 0 Å². The van der Waals surface area contributed by atoms with Gasteiger partial charge < -0.3 is 9.72 Å². The molecule has 2 heterocycles. The Kier molecular flexibility index (Phi) is 5.65. The molecule has 0 saturated carbocycles. The average Bonchev–Trinajstić information content (AvgIpc) is 3.26. The second-order valence-electron chi connectivity index (χ2n) is 6.09. The maximum Gasteiger partial charge on any atom is 0.211 e. The minimum atomic E-state index is -3.23. The van der Waals surface area contributed by atoms with Crippen LogP contribution in [0.5, 0.6) is 0 Å². The van der Waals surface area contributed by atoms with E-state index in [1.807, 2.05) is 30.3 Å². The molecule has 1 saturated heterocycles. The van der Waals surface area contributed by atoms with Gasteiger partial charge in [-0.05, 0) is 24.3 Å². The van der Waals surface area contributed by atoms with Crippen molar-refractivity contribution in [2.45, 2.75) is 19.3 Å². The van der Waals surface area contributed by atoms with Crippen molar-refractivity contribution in [3.8, 4) is 11.3 Å². The Balaban J connectivity index is 1.45. The maximum atomic E-state index is 12.0. The molecule has 6 nitrogen and oxygen atoms in total. The highest BCUT2D eigenvalue weighted by Gasteiger charge is 2.19. The summed E-state index contributed by atoms with van der Waals surface area (Å²) in [7, 11) is -3.23. The highest BCUT2D eigenvalue weighted by Crippen LogP contribution is 2.17. The Morgan fingerprint density at radius 2 is 2.12 bits per heavy atom. The predicted molar refractivity (Wildman–Crippen MR) is 93.1 cm³/mol.